The van der Waals surface area contributed by atoms with E-state index in [-0.39, 0.29) is 23.8 Å². The van der Waals surface area contributed by atoms with Crippen LogP contribution in [0.1, 0.15) is 41.9 Å². The average Bonchev–Trinajstić information content (AvgIpc) is 2.82. The van der Waals surface area contributed by atoms with Gasteiger partial charge in [-0.25, -0.2) is 4.79 Å². The van der Waals surface area contributed by atoms with Gasteiger partial charge in [-0.3, -0.25) is 4.79 Å². The summed E-state index contributed by atoms with van der Waals surface area (Å²) in [6.07, 6.45) is 1.67. The number of allylic oxidation sites excluding steroid dienone is 2. The van der Waals surface area contributed by atoms with E-state index in [2.05, 4.69) is 6.07 Å². The molecule has 1 aliphatic heterocycles. The van der Waals surface area contributed by atoms with Crippen molar-refractivity contribution in [2.75, 3.05) is 7.11 Å². The monoisotopic (exact) mass is 430 g/mol. The maximum Gasteiger partial charge on any atom is 0.340 e. The van der Waals surface area contributed by atoms with Gasteiger partial charge in [0.15, 0.2) is 5.78 Å². The molecular formula is C25H22N2O5. The Morgan fingerprint density at radius 2 is 1.94 bits per heavy atom. The third-order valence-corrected chi connectivity index (χ3v) is 5.64. The van der Waals surface area contributed by atoms with Crippen LogP contribution in [-0.4, -0.2) is 18.9 Å². The van der Waals surface area contributed by atoms with Gasteiger partial charge in [-0.1, -0.05) is 30.3 Å². The summed E-state index contributed by atoms with van der Waals surface area (Å²) < 4.78 is 16.4. The van der Waals surface area contributed by atoms with Crippen LogP contribution in [-0.2, 0) is 25.7 Å². The van der Waals surface area contributed by atoms with E-state index in [1.165, 1.54) is 7.11 Å². The zero-order valence-corrected chi connectivity index (χ0v) is 17.6. The molecule has 0 amide bonds. The summed E-state index contributed by atoms with van der Waals surface area (Å²) >= 11 is 0. The first kappa shape index (κ1) is 21.2. The second-order valence-electron chi connectivity index (χ2n) is 7.54. The number of nitriles is 1. The Bertz CT molecular complexity index is 1170. The minimum absolute atomic E-state index is 0.0382. The summed E-state index contributed by atoms with van der Waals surface area (Å²) in [6.45, 7) is 0.244. The van der Waals surface area contributed by atoms with Gasteiger partial charge < -0.3 is 19.9 Å². The van der Waals surface area contributed by atoms with E-state index in [9.17, 15) is 14.9 Å². The van der Waals surface area contributed by atoms with E-state index < -0.39 is 11.9 Å². The first-order valence-electron chi connectivity index (χ1n) is 10.3. The van der Waals surface area contributed by atoms with Gasteiger partial charge in [0, 0.05) is 24.0 Å². The molecule has 0 fully saturated rings. The predicted octanol–water partition coefficient (Wildman–Crippen LogP) is 3.60. The van der Waals surface area contributed by atoms with Gasteiger partial charge in [-0.05, 0) is 30.2 Å². The van der Waals surface area contributed by atoms with Gasteiger partial charge in [0.25, 0.3) is 0 Å². The minimum Gasteiger partial charge on any atom is -0.489 e. The molecule has 0 spiro atoms. The maximum atomic E-state index is 12.8. The number of carbonyl (C=O) groups is 2. The molecule has 2 aromatic rings. The lowest BCUT2D eigenvalue weighted by Gasteiger charge is -2.32. The molecule has 7 nitrogen and oxygen atoms in total. The van der Waals surface area contributed by atoms with Crippen LogP contribution in [0.2, 0.25) is 0 Å². The van der Waals surface area contributed by atoms with Crippen LogP contribution in [0.15, 0.2) is 71.3 Å². The number of nitrogens with two attached hydrogens (primary N) is 1. The molecule has 0 radical (unpaired) electrons. The molecule has 2 aliphatic rings. The third-order valence-electron chi connectivity index (χ3n) is 5.64. The Hall–Kier alpha value is -4.05. The number of ketones is 1. The fourth-order valence-electron chi connectivity index (χ4n) is 4.07. The summed E-state index contributed by atoms with van der Waals surface area (Å²) in [4.78, 5) is 25.3. The molecule has 1 aliphatic carbocycles. The van der Waals surface area contributed by atoms with Gasteiger partial charge in [0.2, 0.25) is 5.88 Å². The number of nitrogens with zero attached hydrogens (tertiary/aromatic N) is 1. The normalized spacial score (nSPS) is 17.9. The standard InChI is InChI=1S/C25H22N2O5/c1-30-25(29)23-21(22-19(28)7-4-8-20(22)32-24(23)27)15-9-11-18(12-10-15)31-14-17-6-3-2-5-16(17)13-26/h2-3,5-6,9-12,21H,4,7-8,14,27H2,1H3/t21-/m0/s1. The molecule has 0 bridgehead atoms. The smallest absolute Gasteiger partial charge is 0.340 e. The van der Waals surface area contributed by atoms with Gasteiger partial charge in [-0.15, -0.1) is 0 Å². The quantitative estimate of drug-likeness (QED) is 0.721. The number of rotatable bonds is 5. The van der Waals surface area contributed by atoms with E-state index in [4.69, 9.17) is 19.9 Å². The Balaban J connectivity index is 1.63. The molecule has 0 saturated heterocycles. The van der Waals surface area contributed by atoms with Gasteiger partial charge in [0.1, 0.15) is 23.7 Å². The van der Waals surface area contributed by atoms with E-state index in [0.29, 0.717) is 47.5 Å². The molecule has 7 heteroatoms. The van der Waals surface area contributed by atoms with E-state index in [0.717, 1.165) is 5.56 Å². The lowest BCUT2D eigenvalue weighted by Crippen LogP contribution is -2.31. The van der Waals surface area contributed by atoms with Crippen LogP contribution in [0.3, 0.4) is 0 Å². The van der Waals surface area contributed by atoms with Crippen molar-refractivity contribution in [3.05, 3.63) is 88.0 Å². The van der Waals surface area contributed by atoms with Gasteiger partial charge in [-0.2, -0.15) is 5.26 Å². The van der Waals surface area contributed by atoms with Crippen molar-refractivity contribution in [3.63, 3.8) is 0 Å². The number of benzene rings is 2. The Kier molecular flexibility index (Phi) is 5.95. The van der Waals surface area contributed by atoms with Crippen LogP contribution < -0.4 is 10.5 Å². The number of hydrogen-bond acceptors (Lipinski definition) is 7. The summed E-state index contributed by atoms with van der Waals surface area (Å²) in [5.41, 5.74) is 8.71. The minimum atomic E-state index is -0.660. The average molecular weight is 430 g/mol. The first-order valence-corrected chi connectivity index (χ1v) is 10.3. The number of methoxy groups -OCH3 is 1. The molecule has 0 unspecified atom stereocenters. The molecule has 0 saturated carbocycles. The third kappa shape index (κ3) is 3.95. The predicted molar refractivity (Wildman–Crippen MR) is 115 cm³/mol. The van der Waals surface area contributed by atoms with Crippen molar-refractivity contribution in [1.82, 2.24) is 0 Å². The number of esters is 1. The molecule has 2 N–H and O–H groups in total. The lowest BCUT2D eigenvalue weighted by atomic mass is 9.77. The maximum absolute atomic E-state index is 12.8. The summed E-state index contributed by atoms with van der Waals surface area (Å²) in [5, 5.41) is 9.22. The molecule has 32 heavy (non-hydrogen) atoms. The SMILES string of the molecule is COC(=O)C1=C(N)OC2=C(C(=O)CCC2)[C@@H]1c1ccc(OCc2ccccc2C#N)cc1. The first-order chi connectivity index (χ1) is 15.5. The fourth-order valence-corrected chi connectivity index (χ4v) is 4.07. The summed E-state index contributed by atoms with van der Waals surface area (Å²) in [6, 6.07) is 16.5. The Labute approximate surface area is 185 Å². The molecule has 4 rings (SSSR count). The number of carbonyl (C=O) groups excluding carboxylic acids is 2. The van der Waals surface area contributed by atoms with Gasteiger partial charge in [0.05, 0.1) is 24.7 Å². The van der Waals surface area contributed by atoms with Crippen LogP contribution in [0, 0.1) is 11.3 Å². The lowest BCUT2D eigenvalue weighted by molar-refractivity contribution is -0.136. The Morgan fingerprint density at radius 3 is 2.66 bits per heavy atom. The van der Waals surface area contributed by atoms with Crippen molar-refractivity contribution in [3.8, 4) is 11.8 Å². The van der Waals surface area contributed by atoms with Crippen molar-refractivity contribution in [1.29, 1.82) is 5.26 Å². The molecule has 0 aromatic heterocycles. The highest BCUT2D eigenvalue weighted by atomic mass is 16.5. The molecule has 1 atom stereocenters. The summed E-state index contributed by atoms with van der Waals surface area (Å²) in [7, 11) is 1.27. The van der Waals surface area contributed by atoms with Crippen molar-refractivity contribution in [2.45, 2.75) is 31.8 Å². The van der Waals surface area contributed by atoms with Crippen molar-refractivity contribution >= 4 is 11.8 Å². The highest BCUT2D eigenvalue weighted by Crippen LogP contribution is 2.44. The van der Waals surface area contributed by atoms with Crippen molar-refractivity contribution in [2.24, 2.45) is 5.73 Å². The topological polar surface area (TPSA) is 112 Å². The van der Waals surface area contributed by atoms with Crippen LogP contribution in [0.25, 0.3) is 0 Å². The van der Waals surface area contributed by atoms with Crippen LogP contribution in [0.4, 0.5) is 0 Å². The molecule has 1 heterocycles. The zero-order chi connectivity index (χ0) is 22.7. The van der Waals surface area contributed by atoms with E-state index >= 15 is 0 Å². The van der Waals surface area contributed by atoms with Crippen molar-refractivity contribution < 1.29 is 23.8 Å². The fraction of sp³-hybridized carbons (Fsp3) is 0.240. The highest BCUT2D eigenvalue weighted by molar-refractivity contribution is 6.03. The second kappa shape index (κ2) is 8.98. The number of Topliss-reactive ketones (excluding diaryl/α,β-unsaturated/α-hetero) is 1. The number of ether oxygens (including phenoxy) is 3. The molecule has 162 valence electrons. The van der Waals surface area contributed by atoms with Crippen LogP contribution in [0.5, 0.6) is 5.75 Å². The van der Waals surface area contributed by atoms with E-state index in [1.54, 1.807) is 36.4 Å². The second-order valence-corrected chi connectivity index (χ2v) is 7.54. The van der Waals surface area contributed by atoms with Gasteiger partial charge >= 0.3 is 5.97 Å². The van der Waals surface area contributed by atoms with Crippen LogP contribution >= 0.6 is 0 Å². The number of hydrogen-bond donors (Lipinski definition) is 1. The summed E-state index contributed by atoms with van der Waals surface area (Å²) in [5.74, 6) is -0.278. The molecular weight excluding hydrogens is 408 g/mol. The molecule has 2 aromatic carbocycles. The Morgan fingerprint density at radius 1 is 1.19 bits per heavy atom. The highest BCUT2D eigenvalue weighted by Gasteiger charge is 2.41. The zero-order valence-electron chi connectivity index (χ0n) is 17.6. The van der Waals surface area contributed by atoms with E-state index in [1.807, 2.05) is 12.1 Å². The largest absolute Gasteiger partial charge is 0.489 e.